The molecule has 3 aromatic rings. The van der Waals surface area contributed by atoms with Crippen molar-refractivity contribution < 1.29 is 28.4 Å². The number of aromatic amines is 1. The molecule has 3 fully saturated rings. The summed E-state index contributed by atoms with van der Waals surface area (Å²) < 4.78 is 35.0. The van der Waals surface area contributed by atoms with Crippen molar-refractivity contribution in [1.29, 1.82) is 0 Å². The number of aryl methyl sites for hydroxylation is 1. The Kier molecular flexibility index (Phi) is 10.1. The first kappa shape index (κ1) is 32.4. The first-order valence-corrected chi connectivity index (χ1v) is 19.4. The second kappa shape index (κ2) is 14.1. The Hall–Kier alpha value is -2.51. The van der Waals surface area contributed by atoms with Crippen LogP contribution in [0.1, 0.15) is 24.6 Å². The summed E-state index contributed by atoms with van der Waals surface area (Å²) in [4.78, 5) is 27.3. The molecule has 7 atom stereocenters. The molecule has 3 aliphatic heterocycles. The highest BCUT2D eigenvalue weighted by Gasteiger charge is 2.54. The summed E-state index contributed by atoms with van der Waals surface area (Å²) in [7, 11) is -2.12. The van der Waals surface area contributed by atoms with E-state index in [0.717, 1.165) is 25.4 Å². The topological polar surface area (TPSA) is 124 Å². The molecule has 0 radical (unpaired) electrons. The van der Waals surface area contributed by atoms with E-state index in [1.165, 1.54) is 21.1 Å². The molecule has 0 bridgehead atoms. The Balaban J connectivity index is 1.28. The van der Waals surface area contributed by atoms with Crippen LogP contribution in [0.2, 0.25) is 12.6 Å². The number of aromatic nitrogens is 2. The van der Waals surface area contributed by atoms with Gasteiger partial charge in [0.15, 0.2) is 6.23 Å². The summed E-state index contributed by atoms with van der Waals surface area (Å²) >= 11 is 0. The van der Waals surface area contributed by atoms with Crippen molar-refractivity contribution in [2.45, 2.75) is 69.0 Å². The van der Waals surface area contributed by atoms with Gasteiger partial charge in [0.25, 0.3) is 14.1 Å². The van der Waals surface area contributed by atoms with Gasteiger partial charge in [0, 0.05) is 31.5 Å². The van der Waals surface area contributed by atoms with Gasteiger partial charge in [0.2, 0.25) is 0 Å². The van der Waals surface area contributed by atoms with Crippen LogP contribution in [0.4, 0.5) is 0 Å². The first-order valence-electron chi connectivity index (χ1n) is 15.5. The van der Waals surface area contributed by atoms with E-state index >= 15 is 0 Å². The number of ether oxygens (including phenoxy) is 3. The van der Waals surface area contributed by atoms with Gasteiger partial charge in [-0.1, -0.05) is 77.6 Å². The van der Waals surface area contributed by atoms with Crippen molar-refractivity contribution in [3.8, 4) is 0 Å². The Morgan fingerprint density at radius 3 is 2.36 bits per heavy atom. The third-order valence-corrected chi connectivity index (χ3v) is 15.5. The minimum absolute atomic E-state index is 0.0290. The molecule has 3 saturated heterocycles. The standard InChI is InChI=1S/C32H42N3O8PSi/c1-22-19-34(32(38)33-30(22)37)31-29(40-18-17-39-2)28(26(20-36)41-31)43-44-35-16-10-15-25(35)27(42-44)21-45(3,23-11-6-4-7-12-23)24-13-8-5-9-14-24/h4-9,11-14,19,25-29,31,36H,10,15-18,20-21H2,1-3H3,(H,33,37,38)/t25-,26+,27+,28?,29-,31+,44+/m0/s1. The number of H-pyrrole nitrogens is 1. The SMILES string of the molecule is COCCO[C@H]1C(O[P@@]2O[C@H](C[Si](C)(c3ccccc3)c3ccccc3)[C@@H]3CCCN32)[C@@H](CO)O[C@H]1n1cc(C)c(=O)[nH]c1=O. The van der Waals surface area contributed by atoms with Gasteiger partial charge in [-0.05, 0) is 25.8 Å². The van der Waals surface area contributed by atoms with Crippen molar-refractivity contribution in [1.82, 2.24) is 14.2 Å². The molecule has 1 unspecified atom stereocenters. The highest BCUT2D eigenvalue weighted by Crippen LogP contribution is 2.59. The predicted molar refractivity (Wildman–Crippen MR) is 174 cm³/mol. The molecule has 1 aromatic heterocycles. The quantitative estimate of drug-likeness (QED) is 0.172. The number of aliphatic hydroxyl groups is 1. The van der Waals surface area contributed by atoms with E-state index in [-0.39, 0.29) is 25.4 Å². The minimum Gasteiger partial charge on any atom is -0.394 e. The number of hydrogen-bond acceptors (Lipinski definition) is 9. The molecule has 0 aliphatic carbocycles. The summed E-state index contributed by atoms with van der Waals surface area (Å²) in [5, 5.41) is 13.1. The summed E-state index contributed by atoms with van der Waals surface area (Å²) in [5.41, 5.74) is -0.732. The van der Waals surface area contributed by atoms with Gasteiger partial charge in [-0.2, -0.15) is 0 Å². The van der Waals surface area contributed by atoms with Crippen LogP contribution in [0.15, 0.2) is 76.4 Å². The third kappa shape index (κ3) is 6.54. The maximum absolute atomic E-state index is 12.9. The molecule has 13 heteroatoms. The molecule has 242 valence electrons. The van der Waals surface area contributed by atoms with Crippen LogP contribution in [0, 0.1) is 6.92 Å². The summed E-state index contributed by atoms with van der Waals surface area (Å²) in [6.45, 7) is 5.10. The largest absolute Gasteiger partial charge is 0.394 e. The van der Waals surface area contributed by atoms with Crippen molar-refractivity contribution >= 4 is 27.0 Å². The molecular weight excluding hydrogens is 613 g/mol. The van der Waals surface area contributed by atoms with E-state index in [9.17, 15) is 14.7 Å². The zero-order valence-corrected chi connectivity index (χ0v) is 27.8. The van der Waals surface area contributed by atoms with E-state index in [4.69, 9.17) is 23.3 Å². The van der Waals surface area contributed by atoms with E-state index in [1.807, 2.05) is 0 Å². The molecule has 45 heavy (non-hydrogen) atoms. The summed E-state index contributed by atoms with van der Waals surface area (Å²) in [6.07, 6.45) is 0.302. The van der Waals surface area contributed by atoms with Crippen LogP contribution >= 0.6 is 8.53 Å². The summed E-state index contributed by atoms with van der Waals surface area (Å²) in [6, 6.07) is 22.6. The molecule has 0 amide bonds. The number of methoxy groups -OCH3 is 1. The van der Waals surface area contributed by atoms with Gasteiger partial charge in [0.05, 0.1) is 25.9 Å². The second-order valence-electron chi connectivity index (χ2n) is 12.1. The van der Waals surface area contributed by atoms with Crippen LogP contribution < -0.4 is 21.6 Å². The van der Waals surface area contributed by atoms with Crippen molar-refractivity contribution in [2.24, 2.45) is 0 Å². The lowest BCUT2D eigenvalue weighted by molar-refractivity contribution is -0.0811. The monoisotopic (exact) mass is 655 g/mol. The van der Waals surface area contributed by atoms with Gasteiger partial charge in [-0.3, -0.25) is 14.3 Å². The second-order valence-corrected chi connectivity index (χ2v) is 17.8. The minimum atomic E-state index is -2.19. The predicted octanol–water partition coefficient (Wildman–Crippen LogP) is 2.13. The van der Waals surface area contributed by atoms with Gasteiger partial charge >= 0.3 is 5.69 Å². The number of fused-ring (bicyclic) bond motifs is 1. The van der Waals surface area contributed by atoms with Crippen LogP contribution in [0.3, 0.4) is 0 Å². The van der Waals surface area contributed by atoms with Crippen LogP contribution in [-0.2, 0) is 23.3 Å². The van der Waals surface area contributed by atoms with Crippen molar-refractivity contribution in [2.75, 3.05) is 33.5 Å². The van der Waals surface area contributed by atoms with Crippen molar-refractivity contribution in [3.63, 3.8) is 0 Å². The van der Waals surface area contributed by atoms with E-state index < -0.39 is 52.4 Å². The molecule has 2 N–H and O–H groups in total. The average molecular weight is 656 g/mol. The van der Waals surface area contributed by atoms with E-state index in [2.05, 4.69) is 76.9 Å². The maximum Gasteiger partial charge on any atom is 0.330 e. The van der Waals surface area contributed by atoms with Gasteiger partial charge in [-0.25, -0.2) is 9.46 Å². The molecule has 4 heterocycles. The Morgan fingerprint density at radius 1 is 1.02 bits per heavy atom. The molecule has 0 spiro atoms. The number of benzene rings is 2. The highest BCUT2D eigenvalue weighted by molar-refractivity contribution is 7.45. The van der Waals surface area contributed by atoms with Gasteiger partial charge in [-0.15, -0.1) is 0 Å². The van der Waals surface area contributed by atoms with E-state index in [1.54, 1.807) is 14.0 Å². The number of rotatable bonds is 12. The lowest BCUT2D eigenvalue weighted by Crippen LogP contribution is -2.58. The fourth-order valence-electron chi connectivity index (χ4n) is 6.81. The molecule has 0 saturated carbocycles. The van der Waals surface area contributed by atoms with Crippen molar-refractivity contribution in [3.05, 3.63) is 93.3 Å². The smallest absolute Gasteiger partial charge is 0.330 e. The van der Waals surface area contributed by atoms with Gasteiger partial charge in [0.1, 0.15) is 26.4 Å². The zero-order chi connectivity index (χ0) is 31.6. The number of nitrogens with one attached hydrogen (secondary N) is 1. The molecule has 6 rings (SSSR count). The average Bonchev–Trinajstić information content (AvgIpc) is 3.76. The highest BCUT2D eigenvalue weighted by atomic mass is 31.2. The maximum atomic E-state index is 12.9. The molecule has 11 nitrogen and oxygen atoms in total. The normalized spacial score (nSPS) is 28.5. The number of nitrogens with zero attached hydrogens (tertiary/aromatic N) is 2. The Morgan fingerprint density at radius 2 is 1.71 bits per heavy atom. The molecular formula is C32H42N3O8PSi. The van der Waals surface area contributed by atoms with Crippen LogP contribution in [0.25, 0.3) is 0 Å². The third-order valence-electron chi connectivity index (χ3n) is 9.26. The number of hydrogen-bond donors (Lipinski definition) is 2. The lowest BCUT2D eigenvalue weighted by atomic mass is 10.1. The summed E-state index contributed by atoms with van der Waals surface area (Å²) in [5.74, 6) is 0. The molecule has 3 aliphatic rings. The van der Waals surface area contributed by atoms with Crippen LogP contribution in [-0.4, -0.2) is 91.3 Å². The lowest BCUT2D eigenvalue weighted by Gasteiger charge is -2.32. The fraction of sp³-hybridized carbons (Fsp3) is 0.500. The molecule has 2 aromatic carbocycles. The van der Waals surface area contributed by atoms with Crippen LogP contribution in [0.5, 0.6) is 0 Å². The number of aliphatic hydroxyl groups excluding tert-OH is 1. The van der Waals surface area contributed by atoms with E-state index in [0.29, 0.717) is 12.2 Å². The Bertz CT molecular complexity index is 1500. The Labute approximate surface area is 265 Å². The first-order chi connectivity index (χ1) is 21.8. The fourth-order valence-corrected chi connectivity index (χ4v) is 12.8. The zero-order valence-electron chi connectivity index (χ0n) is 25.9. The van der Waals surface area contributed by atoms with Gasteiger partial charge < -0.3 is 28.4 Å².